The second kappa shape index (κ2) is 7.82. The Kier molecular flexibility index (Phi) is 5.05. The molecule has 6 aliphatic rings. The third-order valence-corrected chi connectivity index (χ3v) is 9.15. The first-order chi connectivity index (χ1) is 15.6. The van der Waals surface area contributed by atoms with E-state index in [1.165, 1.54) is 44.5 Å². The van der Waals surface area contributed by atoms with E-state index in [-0.39, 0.29) is 6.03 Å². The van der Waals surface area contributed by atoms with Gasteiger partial charge in [-0.1, -0.05) is 0 Å². The highest BCUT2D eigenvalue weighted by atomic mass is 16.5. The van der Waals surface area contributed by atoms with Crippen LogP contribution in [0.2, 0.25) is 0 Å². The van der Waals surface area contributed by atoms with Crippen molar-refractivity contribution in [2.24, 2.45) is 11.3 Å². The molecule has 2 amide bonds. The Morgan fingerprint density at radius 2 is 1.81 bits per heavy atom. The summed E-state index contributed by atoms with van der Waals surface area (Å²) in [5.41, 5.74) is 1.64. The van der Waals surface area contributed by atoms with Gasteiger partial charge in [-0.3, -0.25) is 0 Å². The number of fused-ring (bicyclic) bond motifs is 1. The van der Waals surface area contributed by atoms with Gasteiger partial charge >= 0.3 is 6.03 Å². The first kappa shape index (κ1) is 20.6. The maximum atomic E-state index is 13.4. The van der Waals surface area contributed by atoms with Gasteiger partial charge in [-0.25, -0.2) is 4.79 Å². The van der Waals surface area contributed by atoms with E-state index < -0.39 is 0 Å². The molecule has 4 aliphatic heterocycles. The van der Waals surface area contributed by atoms with Crippen molar-refractivity contribution in [1.29, 1.82) is 0 Å². The number of ether oxygens (including phenoxy) is 1. The summed E-state index contributed by atoms with van der Waals surface area (Å²) in [5.74, 6) is 1.54. The zero-order chi connectivity index (χ0) is 21.9. The van der Waals surface area contributed by atoms with Crippen LogP contribution in [0.1, 0.15) is 45.4 Å². The molecule has 6 heteroatoms. The lowest BCUT2D eigenvalue weighted by Gasteiger charge is -2.57. The molecule has 6 fully saturated rings. The average molecular weight is 439 g/mol. The van der Waals surface area contributed by atoms with Crippen LogP contribution in [0.3, 0.4) is 0 Å². The largest absolute Gasteiger partial charge is 0.494 e. The lowest BCUT2D eigenvalue weighted by Crippen LogP contribution is -2.66. The van der Waals surface area contributed by atoms with Crippen molar-refractivity contribution in [3.8, 4) is 5.75 Å². The molecule has 0 radical (unpaired) electrons. The number of urea groups is 1. The summed E-state index contributed by atoms with van der Waals surface area (Å²) < 4.78 is 5.61. The van der Waals surface area contributed by atoms with Crippen LogP contribution in [0.15, 0.2) is 24.3 Å². The van der Waals surface area contributed by atoms with Crippen molar-refractivity contribution in [2.45, 2.75) is 63.6 Å². The van der Waals surface area contributed by atoms with Gasteiger partial charge in [-0.2, -0.15) is 0 Å². The van der Waals surface area contributed by atoms with Crippen LogP contribution in [0.25, 0.3) is 0 Å². The van der Waals surface area contributed by atoms with Crippen molar-refractivity contribution in [3.63, 3.8) is 0 Å². The van der Waals surface area contributed by atoms with Crippen LogP contribution in [0.5, 0.6) is 5.75 Å². The molecule has 174 valence electrons. The van der Waals surface area contributed by atoms with Crippen LogP contribution in [-0.4, -0.2) is 85.2 Å². The van der Waals surface area contributed by atoms with E-state index in [9.17, 15) is 4.79 Å². The molecule has 7 rings (SSSR count). The Hall–Kier alpha value is -1.95. The van der Waals surface area contributed by atoms with Gasteiger partial charge in [-0.05, 0) is 88.7 Å². The number of likely N-dealkylation sites (tertiary alicyclic amines) is 2. The highest BCUT2D eigenvalue weighted by molar-refractivity contribution is 5.75. The quantitative estimate of drug-likeness (QED) is 0.703. The van der Waals surface area contributed by atoms with Crippen LogP contribution in [-0.2, 0) is 0 Å². The molecule has 2 aliphatic carbocycles. The number of piperidine rings is 3. The van der Waals surface area contributed by atoms with Crippen molar-refractivity contribution in [1.82, 2.24) is 14.7 Å². The average Bonchev–Trinajstić information content (AvgIpc) is 3.39. The van der Waals surface area contributed by atoms with E-state index >= 15 is 0 Å². The number of hydrogen-bond donors (Lipinski definition) is 0. The zero-order valence-electron chi connectivity index (χ0n) is 19.7. The minimum absolute atomic E-state index is 0.277. The predicted molar refractivity (Wildman–Crippen MR) is 126 cm³/mol. The van der Waals surface area contributed by atoms with Crippen molar-refractivity contribution >= 4 is 11.7 Å². The van der Waals surface area contributed by atoms with Gasteiger partial charge in [0.1, 0.15) is 5.75 Å². The molecule has 0 aromatic heterocycles. The van der Waals surface area contributed by atoms with Gasteiger partial charge < -0.3 is 24.3 Å². The minimum Gasteiger partial charge on any atom is -0.494 e. The summed E-state index contributed by atoms with van der Waals surface area (Å²) in [6.07, 6.45) is 7.52. The number of rotatable bonds is 5. The fourth-order valence-electron chi connectivity index (χ4n) is 7.59. The smallest absolute Gasteiger partial charge is 0.320 e. The van der Waals surface area contributed by atoms with Crippen molar-refractivity contribution in [3.05, 3.63) is 24.3 Å². The summed E-state index contributed by atoms with van der Waals surface area (Å²) in [6, 6.07) is 10.6. The monoisotopic (exact) mass is 438 g/mol. The number of nitrogens with zero attached hydrogens (tertiary/aromatic N) is 4. The predicted octanol–water partition coefficient (Wildman–Crippen LogP) is 3.66. The number of carbonyl (C=O) groups is 1. The lowest BCUT2D eigenvalue weighted by molar-refractivity contribution is -0.0120. The third-order valence-electron chi connectivity index (χ3n) is 9.15. The normalized spacial score (nSPS) is 34.1. The Morgan fingerprint density at radius 1 is 1.09 bits per heavy atom. The van der Waals surface area contributed by atoms with E-state index in [2.05, 4.69) is 50.9 Å². The molecule has 2 unspecified atom stereocenters. The summed E-state index contributed by atoms with van der Waals surface area (Å²) in [7, 11) is 2.08. The maximum Gasteiger partial charge on any atom is 0.320 e. The van der Waals surface area contributed by atoms with Gasteiger partial charge in [0.15, 0.2) is 0 Å². The number of anilines is 1. The number of hydrogen-bond acceptors (Lipinski definition) is 4. The molecule has 6 nitrogen and oxygen atoms in total. The van der Waals surface area contributed by atoms with Crippen LogP contribution in [0, 0.1) is 11.3 Å². The molecule has 32 heavy (non-hydrogen) atoms. The highest BCUT2D eigenvalue weighted by Crippen LogP contribution is 2.70. The zero-order valence-corrected chi connectivity index (χ0v) is 19.7. The van der Waals surface area contributed by atoms with Gasteiger partial charge in [0, 0.05) is 55.9 Å². The molecule has 1 spiro atoms. The molecule has 2 bridgehead atoms. The molecule has 4 atom stereocenters. The molecule has 4 heterocycles. The third kappa shape index (κ3) is 3.20. The molecule has 0 N–H and O–H groups in total. The molecular weight excluding hydrogens is 400 g/mol. The highest BCUT2D eigenvalue weighted by Gasteiger charge is 2.75. The van der Waals surface area contributed by atoms with E-state index in [4.69, 9.17) is 4.74 Å². The Labute approximate surface area is 192 Å². The summed E-state index contributed by atoms with van der Waals surface area (Å²) >= 11 is 0. The standard InChI is InChI=1S/C26H38N4O2/c1-3-32-22-8-6-21(7-9-22)30-18-19-16-26(17-23(26)30)24(19)27(2)25(31)29-14-10-20(11-15-29)28-12-4-5-13-28/h6-9,19-20,23-24H,3-5,10-18H2,1-2H3/t19-,23+,24?,26?/m0/s1. The van der Waals surface area contributed by atoms with E-state index in [0.29, 0.717) is 36.1 Å². The Morgan fingerprint density at radius 3 is 2.50 bits per heavy atom. The summed E-state index contributed by atoms with van der Waals surface area (Å²) in [5, 5.41) is 0. The molecule has 2 saturated carbocycles. The number of amides is 2. The first-order valence-corrected chi connectivity index (χ1v) is 12.9. The fraction of sp³-hybridized carbons (Fsp3) is 0.731. The molecule has 1 aromatic carbocycles. The van der Waals surface area contributed by atoms with Gasteiger partial charge in [0.05, 0.1) is 6.61 Å². The van der Waals surface area contributed by atoms with Crippen LogP contribution < -0.4 is 9.64 Å². The van der Waals surface area contributed by atoms with Gasteiger partial charge in [0.2, 0.25) is 0 Å². The summed E-state index contributed by atoms with van der Waals surface area (Å²) in [6.45, 7) is 8.17. The molecule has 1 aromatic rings. The summed E-state index contributed by atoms with van der Waals surface area (Å²) in [4.78, 5) is 22.9. The Bertz CT molecular complexity index is 846. The number of carbonyl (C=O) groups excluding carboxylic acids is 1. The topological polar surface area (TPSA) is 39.3 Å². The van der Waals surface area contributed by atoms with Crippen molar-refractivity contribution in [2.75, 3.05) is 51.3 Å². The number of benzene rings is 1. The molecular formula is C26H38N4O2. The van der Waals surface area contributed by atoms with Crippen molar-refractivity contribution < 1.29 is 9.53 Å². The maximum absolute atomic E-state index is 13.4. The SMILES string of the molecule is CCOc1ccc(N2C[C@@H]3CC4(C[C@@H]24)C3N(C)C(=O)N2CCC(N3CCCC3)CC2)cc1. The fourth-order valence-corrected chi connectivity index (χ4v) is 7.59. The van der Waals surface area contributed by atoms with E-state index in [1.54, 1.807) is 0 Å². The second-order valence-corrected chi connectivity index (χ2v) is 10.8. The minimum atomic E-state index is 0.277. The molecule has 4 saturated heterocycles. The van der Waals surface area contributed by atoms with E-state index in [0.717, 1.165) is 38.2 Å². The Balaban J connectivity index is 1.07. The first-order valence-electron chi connectivity index (χ1n) is 12.9. The van der Waals surface area contributed by atoms with E-state index in [1.807, 2.05) is 6.92 Å². The van der Waals surface area contributed by atoms with Gasteiger partial charge in [-0.15, -0.1) is 0 Å². The van der Waals surface area contributed by atoms with Crippen LogP contribution in [0.4, 0.5) is 10.5 Å². The van der Waals surface area contributed by atoms with Crippen LogP contribution >= 0.6 is 0 Å². The lowest BCUT2D eigenvalue weighted by atomic mass is 9.63. The van der Waals surface area contributed by atoms with Gasteiger partial charge in [0.25, 0.3) is 0 Å². The second-order valence-electron chi connectivity index (χ2n) is 10.8.